The third kappa shape index (κ3) is 4.26. The van der Waals surface area contributed by atoms with E-state index in [1.807, 2.05) is 10.8 Å². The molecule has 1 heterocycles. The number of carbonyl (C=O) groups is 2. The zero-order valence-electron chi connectivity index (χ0n) is 14.8. The third-order valence-electron chi connectivity index (χ3n) is 4.34. The monoisotopic (exact) mass is 340 g/mol. The number of aromatic nitrogens is 2. The summed E-state index contributed by atoms with van der Waals surface area (Å²) in [5, 5.41) is 5.72. The van der Waals surface area contributed by atoms with Crippen LogP contribution in [0.5, 0.6) is 0 Å². The van der Waals surface area contributed by atoms with Gasteiger partial charge in [-0.15, -0.1) is 0 Å². The topological polar surface area (TPSA) is 76.0 Å². The molecule has 0 radical (unpaired) electrons. The summed E-state index contributed by atoms with van der Waals surface area (Å²) >= 11 is 0. The Kier molecular flexibility index (Phi) is 4.88. The molecular formula is C19H24N4O2. The minimum atomic E-state index is -0.243. The van der Waals surface area contributed by atoms with Crippen molar-refractivity contribution in [2.45, 2.75) is 33.7 Å². The van der Waals surface area contributed by atoms with E-state index in [2.05, 4.69) is 36.4 Å². The maximum absolute atomic E-state index is 12.5. The molecule has 3 rings (SSSR count). The summed E-state index contributed by atoms with van der Waals surface area (Å²) in [6.07, 6.45) is 4.46. The minimum absolute atomic E-state index is 0.0255. The number of nitrogens with one attached hydrogen (secondary N) is 2. The zero-order valence-corrected chi connectivity index (χ0v) is 14.8. The molecule has 6 nitrogen and oxygen atoms in total. The summed E-state index contributed by atoms with van der Waals surface area (Å²) in [6.45, 7) is 7.07. The van der Waals surface area contributed by atoms with Crippen LogP contribution < -0.4 is 10.6 Å². The first-order valence-electron chi connectivity index (χ1n) is 8.67. The predicted octanol–water partition coefficient (Wildman–Crippen LogP) is 3.39. The lowest BCUT2D eigenvalue weighted by atomic mass is 10.2. The van der Waals surface area contributed by atoms with Crippen LogP contribution in [0.15, 0.2) is 36.7 Å². The van der Waals surface area contributed by atoms with Crippen molar-refractivity contribution in [2.75, 3.05) is 10.6 Å². The molecule has 2 N–H and O–H groups in total. The molecule has 2 amide bonds. The van der Waals surface area contributed by atoms with Gasteiger partial charge in [-0.1, -0.05) is 26.8 Å². The van der Waals surface area contributed by atoms with Gasteiger partial charge >= 0.3 is 0 Å². The van der Waals surface area contributed by atoms with Gasteiger partial charge < -0.3 is 9.88 Å². The van der Waals surface area contributed by atoms with Gasteiger partial charge in [0, 0.05) is 36.1 Å². The van der Waals surface area contributed by atoms with E-state index in [0.29, 0.717) is 29.0 Å². The van der Waals surface area contributed by atoms with Gasteiger partial charge in [-0.25, -0.2) is 4.98 Å². The third-order valence-corrected chi connectivity index (χ3v) is 4.34. The largest absolute Gasteiger partial charge is 0.326 e. The molecule has 132 valence electrons. The van der Waals surface area contributed by atoms with Gasteiger partial charge in [0.15, 0.2) is 0 Å². The van der Waals surface area contributed by atoms with Crippen LogP contribution in [0.1, 0.15) is 37.6 Å². The average Bonchev–Trinajstić information content (AvgIpc) is 3.15. The zero-order chi connectivity index (χ0) is 18.0. The van der Waals surface area contributed by atoms with Crippen molar-refractivity contribution in [3.63, 3.8) is 0 Å². The molecule has 0 aliphatic heterocycles. The Hall–Kier alpha value is -2.63. The Bertz CT molecular complexity index is 781. The molecule has 1 fully saturated rings. The van der Waals surface area contributed by atoms with E-state index >= 15 is 0 Å². The van der Waals surface area contributed by atoms with Crippen LogP contribution in [0.3, 0.4) is 0 Å². The molecule has 2 aromatic rings. The maximum atomic E-state index is 12.5. The van der Waals surface area contributed by atoms with E-state index in [1.165, 1.54) is 0 Å². The molecule has 2 atom stereocenters. The van der Waals surface area contributed by atoms with Crippen LogP contribution in [-0.4, -0.2) is 21.4 Å². The molecular weight excluding hydrogens is 316 g/mol. The van der Waals surface area contributed by atoms with Gasteiger partial charge in [0.2, 0.25) is 11.9 Å². The SMILES string of the molecule is CC(C)Cn1ccnc1NC(=O)c1cccc(NC(=O)[C@@H]2C[C@@H]2C)c1. The number of hydrogen-bond acceptors (Lipinski definition) is 3. The second kappa shape index (κ2) is 7.09. The van der Waals surface area contributed by atoms with Crippen LogP contribution >= 0.6 is 0 Å². The number of nitrogens with zero attached hydrogens (tertiary/aromatic N) is 2. The number of anilines is 2. The first kappa shape index (κ1) is 17.2. The summed E-state index contributed by atoms with van der Waals surface area (Å²) in [6, 6.07) is 6.97. The second-order valence-corrected chi connectivity index (χ2v) is 7.14. The van der Waals surface area contributed by atoms with Gasteiger partial charge in [0.25, 0.3) is 5.91 Å². The highest BCUT2D eigenvalue weighted by Crippen LogP contribution is 2.38. The molecule has 0 unspecified atom stereocenters. The van der Waals surface area contributed by atoms with Gasteiger partial charge in [-0.3, -0.25) is 14.9 Å². The van der Waals surface area contributed by atoms with Crippen molar-refractivity contribution in [2.24, 2.45) is 17.8 Å². The quantitative estimate of drug-likeness (QED) is 0.846. The fourth-order valence-electron chi connectivity index (χ4n) is 2.81. The van der Waals surface area contributed by atoms with E-state index in [9.17, 15) is 9.59 Å². The van der Waals surface area contributed by atoms with E-state index in [1.54, 1.807) is 30.5 Å². The number of benzene rings is 1. The fourth-order valence-corrected chi connectivity index (χ4v) is 2.81. The fraction of sp³-hybridized carbons (Fsp3) is 0.421. The van der Waals surface area contributed by atoms with Crippen LogP contribution in [0.25, 0.3) is 0 Å². The summed E-state index contributed by atoms with van der Waals surface area (Å²) < 4.78 is 1.92. The van der Waals surface area contributed by atoms with E-state index in [0.717, 1.165) is 13.0 Å². The van der Waals surface area contributed by atoms with E-state index < -0.39 is 0 Å². The Morgan fingerprint density at radius 3 is 2.76 bits per heavy atom. The van der Waals surface area contributed by atoms with Gasteiger partial charge in [-0.05, 0) is 36.5 Å². The van der Waals surface area contributed by atoms with E-state index in [4.69, 9.17) is 0 Å². The van der Waals surface area contributed by atoms with Crippen molar-refractivity contribution in [3.8, 4) is 0 Å². The first-order valence-corrected chi connectivity index (χ1v) is 8.67. The predicted molar refractivity (Wildman–Crippen MR) is 97.4 cm³/mol. The highest BCUT2D eigenvalue weighted by atomic mass is 16.2. The molecule has 6 heteroatoms. The van der Waals surface area contributed by atoms with Crippen LogP contribution in [0.4, 0.5) is 11.6 Å². The van der Waals surface area contributed by atoms with Gasteiger partial charge in [0.1, 0.15) is 0 Å². The molecule has 0 bridgehead atoms. The Labute approximate surface area is 147 Å². The Morgan fingerprint density at radius 1 is 1.32 bits per heavy atom. The molecule has 1 aliphatic rings. The van der Waals surface area contributed by atoms with Crippen molar-refractivity contribution in [1.82, 2.24) is 9.55 Å². The molecule has 25 heavy (non-hydrogen) atoms. The van der Waals surface area contributed by atoms with Crippen LogP contribution in [0, 0.1) is 17.8 Å². The summed E-state index contributed by atoms with van der Waals surface area (Å²) in [5.41, 5.74) is 1.13. The standard InChI is InChI=1S/C19H24N4O2/c1-12(2)11-23-8-7-20-19(23)22-17(24)14-5-4-6-15(10-14)21-18(25)16-9-13(16)3/h4-8,10,12-13,16H,9,11H2,1-3H3,(H,21,25)(H,20,22,24)/t13-,16+/m0/s1. The smallest absolute Gasteiger partial charge is 0.258 e. The summed E-state index contributed by atoms with van der Waals surface area (Å²) in [7, 11) is 0. The Morgan fingerprint density at radius 2 is 2.08 bits per heavy atom. The lowest BCUT2D eigenvalue weighted by Crippen LogP contribution is -2.18. The molecule has 1 saturated carbocycles. The molecule has 1 aromatic heterocycles. The van der Waals surface area contributed by atoms with E-state index in [-0.39, 0.29) is 17.7 Å². The highest BCUT2D eigenvalue weighted by Gasteiger charge is 2.39. The van der Waals surface area contributed by atoms with Gasteiger partial charge in [0.05, 0.1) is 0 Å². The van der Waals surface area contributed by atoms with Crippen molar-refractivity contribution in [1.29, 1.82) is 0 Å². The number of amides is 2. The summed E-state index contributed by atoms with van der Waals surface area (Å²) in [4.78, 5) is 28.8. The normalized spacial score (nSPS) is 18.9. The number of carbonyl (C=O) groups excluding carboxylic acids is 2. The summed E-state index contributed by atoms with van der Waals surface area (Å²) in [5.74, 6) is 1.31. The lowest BCUT2D eigenvalue weighted by molar-refractivity contribution is -0.117. The van der Waals surface area contributed by atoms with Crippen LogP contribution in [-0.2, 0) is 11.3 Å². The molecule has 0 saturated heterocycles. The van der Waals surface area contributed by atoms with Gasteiger partial charge in [-0.2, -0.15) is 0 Å². The maximum Gasteiger partial charge on any atom is 0.258 e. The van der Waals surface area contributed by atoms with Crippen molar-refractivity contribution >= 4 is 23.5 Å². The molecule has 1 aromatic carbocycles. The molecule has 0 spiro atoms. The number of hydrogen-bond donors (Lipinski definition) is 2. The Balaban J connectivity index is 1.67. The van der Waals surface area contributed by atoms with Crippen molar-refractivity contribution in [3.05, 3.63) is 42.2 Å². The van der Waals surface area contributed by atoms with Crippen molar-refractivity contribution < 1.29 is 9.59 Å². The lowest BCUT2D eigenvalue weighted by Gasteiger charge is -2.11. The first-order chi connectivity index (χ1) is 11.9. The number of imidazole rings is 1. The number of rotatable bonds is 6. The molecule has 1 aliphatic carbocycles. The average molecular weight is 340 g/mol. The highest BCUT2D eigenvalue weighted by molar-refractivity contribution is 6.04. The second-order valence-electron chi connectivity index (χ2n) is 7.14. The van der Waals surface area contributed by atoms with Crippen LogP contribution in [0.2, 0.25) is 0 Å². The minimum Gasteiger partial charge on any atom is -0.326 e.